The lowest BCUT2D eigenvalue weighted by Gasteiger charge is -2.42. The molecule has 0 saturated heterocycles. The fourth-order valence-corrected chi connectivity index (χ4v) is 5.21. The molecule has 0 aromatic heterocycles. The molecule has 166 valence electrons. The Kier molecular flexibility index (Phi) is 7.08. The highest BCUT2D eigenvalue weighted by atomic mass is 35.5. The Morgan fingerprint density at radius 2 is 1.73 bits per heavy atom. The van der Waals surface area contributed by atoms with Crippen LogP contribution in [0.1, 0.15) is 40.7 Å². The van der Waals surface area contributed by atoms with E-state index in [4.69, 9.17) is 16.3 Å². The summed E-state index contributed by atoms with van der Waals surface area (Å²) in [5.74, 6) is -0.0332. The molecule has 6 heteroatoms. The number of carbonyl (C=O) groups excluding carboxylic acids is 1. The second-order valence-electron chi connectivity index (χ2n) is 7.64. The Bertz CT molecular complexity index is 1210. The Balaban J connectivity index is 1.87. The minimum absolute atomic E-state index is 0.329. The van der Waals surface area contributed by atoms with Gasteiger partial charge in [-0.15, -0.1) is 11.8 Å². The predicted octanol–water partition coefficient (Wildman–Crippen LogP) is 6.62. The Morgan fingerprint density at radius 3 is 2.36 bits per heavy atom. The molecule has 3 aromatic carbocycles. The minimum Gasteiger partial charge on any atom is -0.431 e. The maximum atomic E-state index is 13.2. The lowest BCUT2D eigenvalue weighted by Crippen LogP contribution is -2.49. The number of ether oxygens (including phenoxy) is 1. The largest absolute Gasteiger partial charge is 0.431 e. The standard InChI is InChI=1S/C27H23ClN2O2S/c1-2-33-25-23(18-29)22(21-15-9-10-16-24(21)28)17-27(30-25,20-13-7-4-8-14-20)32-26(31)19-11-5-3-6-12-19/h3-16,22,30H,2,17H2,1H3. The van der Waals surface area contributed by atoms with Crippen LogP contribution < -0.4 is 5.32 Å². The predicted molar refractivity (Wildman–Crippen MR) is 133 cm³/mol. The summed E-state index contributed by atoms with van der Waals surface area (Å²) in [4.78, 5) is 13.2. The molecule has 0 bridgehead atoms. The third kappa shape index (κ3) is 4.78. The van der Waals surface area contributed by atoms with E-state index < -0.39 is 11.7 Å². The van der Waals surface area contributed by atoms with Gasteiger partial charge in [-0.2, -0.15) is 5.26 Å². The van der Waals surface area contributed by atoms with Crippen LogP contribution in [-0.2, 0) is 10.5 Å². The average Bonchev–Trinajstić information content (AvgIpc) is 2.85. The maximum absolute atomic E-state index is 13.2. The van der Waals surface area contributed by atoms with Crippen LogP contribution in [0.15, 0.2) is 95.5 Å². The Hall–Kier alpha value is -3.20. The minimum atomic E-state index is -1.17. The molecule has 0 radical (unpaired) electrons. The van der Waals surface area contributed by atoms with Crippen LogP contribution in [0.2, 0.25) is 5.02 Å². The van der Waals surface area contributed by atoms with Gasteiger partial charge >= 0.3 is 5.97 Å². The van der Waals surface area contributed by atoms with Gasteiger partial charge in [0.05, 0.1) is 22.2 Å². The number of benzene rings is 3. The third-order valence-electron chi connectivity index (χ3n) is 5.61. The van der Waals surface area contributed by atoms with Crippen molar-refractivity contribution in [2.45, 2.75) is 25.0 Å². The van der Waals surface area contributed by atoms with Crippen LogP contribution in [0.4, 0.5) is 0 Å². The number of carbonyl (C=O) groups is 1. The molecule has 2 unspecified atom stereocenters. The SMILES string of the molecule is CCSC1=C(C#N)C(c2ccccc2Cl)CC(OC(=O)c2ccccc2)(c2ccccc2)N1. The fraction of sp³-hybridized carbons (Fsp3) is 0.185. The van der Waals surface area contributed by atoms with Crippen molar-refractivity contribution in [3.63, 3.8) is 0 Å². The second kappa shape index (κ2) is 10.2. The summed E-state index contributed by atoms with van der Waals surface area (Å²) >= 11 is 8.10. The van der Waals surface area contributed by atoms with Crippen molar-refractivity contribution in [3.05, 3.63) is 117 Å². The zero-order chi connectivity index (χ0) is 23.3. The molecule has 3 aromatic rings. The highest BCUT2D eigenvalue weighted by Gasteiger charge is 2.46. The van der Waals surface area contributed by atoms with Gasteiger partial charge in [-0.25, -0.2) is 4.79 Å². The van der Waals surface area contributed by atoms with Gasteiger partial charge in [-0.1, -0.05) is 85.3 Å². The molecule has 4 nitrogen and oxygen atoms in total. The van der Waals surface area contributed by atoms with E-state index in [1.165, 1.54) is 11.8 Å². The average molecular weight is 475 g/mol. The number of hydrogen-bond acceptors (Lipinski definition) is 5. The van der Waals surface area contributed by atoms with Crippen LogP contribution in [-0.4, -0.2) is 11.7 Å². The number of halogens is 1. The second-order valence-corrected chi connectivity index (χ2v) is 9.32. The number of esters is 1. The number of nitriles is 1. The first-order valence-electron chi connectivity index (χ1n) is 10.7. The van der Waals surface area contributed by atoms with Crippen molar-refractivity contribution < 1.29 is 9.53 Å². The van der Waals surface area contributed by atoms with Gasteiger partial charge in [-0.05, 0) is 29.5 Å². The smallest absolute Gasteiger partial charge is 0.340 e. The maximum Gasteiger partial charge on any atom is 0.340 e. The van der Waals surface area contributed by atoms with Crippen molar-refractivity contribution in [2.24, 2.45) is 0 Å². The summed E-state index contributed by atoms with van der Waals surface area (Å²) < 4.78 is 6.26. The zero-order valence-corrected chi connectivity index (χ0v) is 19.7. The molecule has 1 heterocycles. The normalized spacial score (nSPS) is 20.0. The molecule has 1 aliphatic heterocycles. The van der Waals surface area contributed by atoms with E-state index in [1.807, 2.05) is 67.6 Å². The van der Waals surface area contributed by atoms with E-state index in [9.17, 15) is 10.1 Å². The molecule has 2 atom stereocenters. The number of hydrogen-bond donors (Lipinski definition) is 1. The molecule has 0 fully saturated rings. The van der Waals surface area contributed by atoms with E-state index in [1.54, 1.807) is 24.3 Å². The molecule has 0 spiro atoms. The molecule has 4 rings (SSSR count). The monoisotopic (exact) mass is 474 g/mol. The highest BCUT2D eigenvalue weighted by Crippen LogP contribution is 2.47. The van der Waals surface area contributed by atoms with E-state index in [2.05, 4.69) is 11.4 Å². The molecule has 1 aliphatic rings. The summed E-state index contributed by atoms with van der Waals surface area (Å²) in [6.45, 7) is 2.02. The van der Waals surface area contributed by atoms with E-state index in [-0.39, 0.29) is 5.92 Å². The number of nitrogens with one attached hydrogen (secondary N) is 1. The summed E-state index contributed by atoms with van der Waals surface area (Å²) in [7, 11) is 0. The zero-order valence-electron chi connectivity index (χ0n) is 18.1. The van der Waals surface area contributed by atoms with E-state index in [0.29, 0.717) is 27.6 Å². The Labute approximate surface area is 203 Å². The first kappa shape index (κ1) is 23.0. The van der Waals surface area contributed by atoms with Gasteiger partial charge in [0.25, 0.3) is 0 Å². The van der Waals surface area contributed by atoms with Crippen LogP contribution in [0.3, 0.4) is 0 Å². The first-order chi connectivity index (χ1) is 16.1. The quantitative estimate of drug-likeness (QED) is 0.407. The summed E-state index contributed by atoms with van der Waals surface area (Å²) in [6.07, 6.45) is 0.329. The van der Waals surface area contributed by atoms with Crippen LogP contribution in [0.5, 0.6) is 0 Å². The van der Waals surface area contributed by atoms with Crippen molar-refractivity contribution in [3.8, 4) is 6.07 Å². The van der Waals surface area contributed by atoms with Crippen molar-refractivity contribution in [1.29, 1.82) is 5.26 Å². The lowest BCUT2D eigenvalue weighted by molar-refractivity contribution is -0.0455. The molecule has 33 heavy (non-hydrogen) atoms. The molecular formula is C27H23ClN2O2S. The third-order valence-corrected chi connectivity index (χ3v) is 6.85. The first-order valence-corrected chi connectivity index (χ1v) is 12.1. The molecule has 1 N–H and O–H groups in total. The fourth-order valence-electron chi connectivity index (χ4n) is 4.07. The summed E-state index contributed by atoms with van der Waals surface area (Å²) in [5, 5.41) is 14.8. The van der Waals surface area contributed by atoms with Gasteiger partial charge in [0.1, 0.15) is 0 Å². The highest BCUT2D eigenvalue weighted by molar-refractivity contribution is 8.03. The van der Waals surface area contributed by atoms with E-state index >= 15 is 0 Å². The molecule has 0 saturated carbocycles. The van der Waals surface area contributed by atoms with Crippen LogP contribution in [0.25, 0.3) is 0 Å². The van der Waals surface area contributed by atoms with Crippen LogP contribution in [0, 0.1) is 11.3 Å². The molecular weight excluding hydrogens is 452 g/mol. The van der Waals surface area contributed by atoms with Crippen LogP contribution >= 0.6 is 23.4 Å². The summed E-state index contributed by atoms with van der Waals surface area (Å²) in [5.41, 5.74) is 1.52. The van der Waals surface area contributed by atoms with Crippen molar-refractivity contribution in [1.82, 2.24) is 5.32 Å². The van der Waals surface area contributed by atoms with Gasteiger partial charge in [0.15, 0.2) is 0 Å². The summed E-state index contributed by atoms with van der Waals surface area (Å²) in [6, 6.07) is 28.4. The molecule has 0 amide bonds. The van der Waals surface area contributed by atoms with Crippen molar-refractivity contribution >= 4 is 29.3 Å². The van der Waals surface area contributed by atoms with Gasteiger partial charge in [-0.3, -0.25) is 0 Å². The topological polar surface area (TPSA) is 62.1 Å². The number of thioether (sulfide) groups is 1. The number of nitrogens with zero attached hydrogens (tertiary/aromatic N) is 1. The van der Waals surface area contributed by atoms with Crippen molar-refractivity contribution in [2.75, 3.05) is 5.75 Å². The number of rotatable bonds is 6. The Morgan fingerprint density at radius 1 is 1.09 bits per heavy atom. The lowest BCUT2D eigenvalue weighted by atomic mass is 9.80. The van der Waals surface area contributed by atoms with Gasteiger partial charge in [0, 0.05) is 22.9 Å². The molecule has 0 aliphatic carbocycles. The van der Waals surface area contributed by atoms with Gasteiger partial charge in [0.2, 0.25) is 5.72 Å². The number of allylic oxidation sites excluding steroid dienone is 1. The van der Waals surface area contributed by atoms with Gasteiger partial charge < -0.3 is 10.1 Å². The van der Waals surface area contributed by atoms with E-state index in [0.717, 1.165) is 16.9 Å².